The molecule has 3 rings (SSSR count). The predicted octanol–water partition coefficient (Wildman–Crippen LogP) is 4.20. The minimum atomic E-state index is -0.784. The number of benzene rings is 2. The Hall–Kier alpha value is -3.49. The number of phenolic OH excluding ortho intramolecular Hbond substituents is 1. The summed E-state index contributed by atoms with van der Waals surface area (Å²) in [4.78, 5) is 27.2. The molecule has 1 aromatic heterocycles. The molecule has 0 aliphatic rings. The van der Waals surface area contributed by atoms with Crippen LogP contribution in [0, 0.1) is 10.1 Å². The zero-order valence-electron chi connectivity index (χ0n) is 16.6. The molecule has 0 amide bonds. The van der Waals surface area contributed by atoms with Gasteiger partial charge >= 0.3 is 0 Å². The Morgan fingerprint density at radius 3 is 2.50 bits per heavy atom. The Morgan fingerprint density at radius 1 is 1.03 bits per heavy atom. The van der Waals surface area contributed by atoms with E-state index in [2.05, 4.69) is 4.84 Å². The number of unbranched alkanes of at least 4 members (excludes halogenated alkanes) is 4. The molecule has 3 aromatic rings. The van der Waals surface area contributed by atoms with Gasteiger partial charge in [-0.05, 0) is 25.0 Å². The van der Waals surface area contributed by atoms with Gasteiger partial charge in [-0.2, -0.15) is 0 Å². The average Bonchev–Trinajstić information content (AvgIpc) is 2.71. The van der Waals surface area contributed by atoms with Gasteiger partial charge in [0.2, 0.25) is 5.43 Å². The molecular formula is C21H23NO8. The first-order valence-corrected chi connectivity index (χ1v) is 9.68. The van der Waals surface area contributed by atoms with E-state index in [0.717, 1.165) is 25.7 Å². The van der Waals surface area contributed by atoms with Crippen LogP contribution in [0.4, 0.5) is 0 Å². The molecule has 0 atom stereocenters. The summed E-state index contributed by atoms with van der Waals surface area (Å²) in [7, 11) is 1.47. The molecule has 0 saturated heterocycles. The number of hydrogen-bond donors (Lipinski definition) is 1. The van der Waals surface area contributed by atoms with E-state index in [1.165, 1.54) is 13.2 Å². The first-order valence-electron chi connectivity index (χ1n) is 9.68. The van der Waals surface area contributed by atoms with Crippen molar-refractivity contribution in [1.29, 1.82) is 0 Å². The van der Waals surface area contributed by atoms with Crippen molar-refractivity contribution in [3.63, 3.8) is 0 Å². The van der Waals surface area contributed by atoms with Crippen LogP contribution in [-0.4, -0.2) is 30.5 Å². The second kappa shape index (κ2) is 9.82. The molecule has 1 N–H and O–H groups in total. The van der Waals surface area contributed by atoms with Crippen molar-refractivity contribution in [3.8, 4) is 17.2 Å². The smallest absolute Gasteiger partial charge is 0.294 e. The number of hydrogen-bond acceptors (Lipinski definition) is 8. The number of phenols is 1. The van der Waals surface area contributed by atoms with Gasteiger partial charge in [-0.25, -0.2) is 0 Å². The highest BCUT2D eigenvalue weighted by Crippen LogP contribution is 2.32. The lowest BCUT2D eigenvalue weighted by molar-refractivity contribution is -0.757. The van der Waals surface area contributed by atoms with E-state index in [1.54, 1.807) is 24.3 Å². The molecule has 9 heteroatoms. The topological polar surface area (TPSA) is 121 Å². The predicted molar refractivity (Wildman–Crippen MR) is 110 cm³/mol. The SMILES string of the molecule is COc1cccc2oc3cc(OCCCCCCCO[N+](=O)[O-])cc(O)c3c(=O)c12. The standard InChI is InChI=1S/C21H23NO8/c1-27-16-8-7-9-17-20(16)21(24)19-15(23)12-14(13-18(19)30-17)28-10-5-3-2-4-6-11-29-22(25)26/h7-9,12-13,23H,2-6,10-11H2,1H3. The monoisotopic (exact) mass is 417 g/mol. The molecule has 1 heterocycles. The van der Waals surface area contributed by atoms with Crippen LogP contribution in [0.2, 0.25) is 0 Å². The maximum Gasteiger partial charge on any atom is 0.294 e. The third-order valence-electron chi connectivity index (χ3n) is 4.69. The number of aromatic hydroxyl groups is 1. The molecule has 0 aliphatic heterocycles. The van der Waals surface area contributed by atoms with Gasteiger partial charge in [-0.3, -0.25) is 4.79 Å². The fourth-order valence-corrected chi connectivity index (χ4v) is 3.27. The normalized spacial score (nSPS) is 11.0. The van der Waals surface area contributed by atoms with Crippen LogP contribution in [0.3, 0.4) is 0 Å². The van der Waals surface area contributed by atoms with Crippen molar-refractivity contribution in [3.05, 3.63) is 50.7 Å². The molecule has 0 saturated carbocycles. The Kier molecular flexibility index (Phi) is 6.95. The maximum absolute atomic E-state index is 12.9. The molecule has 0 radical (unpaired) electrons. The van der Waals surface area contributed by atoms with Gasteiger partial charge in [0.15, 0.2) is 0 Å². The number of ether oxygens (including phenoxy) is 2. The minimum absolute atomic E-state index is 0.0799. The van der Waals surface area contributed by atoms with E-state index in [0.29, 0.717) is 30.1 Å². The Balaban J connectivity index is 1.62. The lowest BCUT2D eigenvalue weighted by atomic mass is 10.1. The zero-order valence-corrected chi connectivity index (χ0v) is 16.6. The van der Waals surface area contributed by atoms with Crippen molar-refractivity contribution in [2.75, 3.05) is 20.3 Å². The largest absolute Gasteiger partial charge is 0.507 e. The van der Waals surface area contributed by atoms with Crippen molar-refractivity contribution < 1.29 is 28.9 Å². The molecule has 0 unspecified atom stereocenters. The lowest BCUT2D eigenvalue weighted by Crippen LogP contribution is -2.05. The quantitative estimate of drug-likeness (QED) is 0.213. The van der Waals surface area contributed by atoms with Crippen molar-refractivity contribution in [2.45, 2.75) is 32.1 Å². The highest BCUT2D eigenvalue weighted by atomic mass is 16.9. The molecule has 160 valence electrons. The van der Waals surface area contributed by atoms with Crippen molar-refractivity contribution >= 4 is 21.9 Å². The van der Waals surface area contributed by atoms with E-state index in [9.17, 15) is 20.0 Å². The fraction of sp³-hybridized carbons (Fsp3) is 0.381. The van der Waals surface area contributed by atoms with Gasteiger partial charge in [0.25, 0.3) is 5.09 Å². The molecule has 0 bridgehead atoms. The second-order valence-corrected chi connectivity index (χ2v) is 6.75. The molecule has 9 nitrogen and oxygen atoms in total. The van der Waals surface area contributed by atoms with Gasteiger partial charge in [0.05, 0.1) is 20.3 Å². The summed E-state index contributed by atoms with van der Waals surface area (Å²) in [6, 6.07) is 8.04. The van der Waals surface area contributed by atoms with Gasteiger partial charge < -0.3 is 23.8 Å². The van der Waals surface area contributed by atoms with Crippen LogP contribution in [-0.2, 0) is 4.84 Å². The van der Waals surface area contributed by atoms with Crippen LogP contribution in [0.1, 0.15) is 32.1 Å². The van der Waals surface area contributed by atoms with Gasteiger partial charge in [0.1, 0.15) is 39.2 Å². The average molecular weight is 417 g/mol. The first-order chi connectivity index (χ1) is 14.5. The lowest BCUT2D eigenvalue weighted by Gasteiger charge is -2.10. The minimum Gasteiger partial charge on any atom is -0.507 e. The number of rotatable bonds is 11. The van der Waals surface area contributed by atoms with Crippen LogP contribution in [0.15, 0.2) is 39.5 Å². The van der Waals surface area contributed by atoms with E-state index in [4.69, 9.17) is 13.9 Å². The molecular weight excluding hydrogens is 394 g/mol. The van der Waals surface area contributed by atoms with Gasteiger partial charge in [-0.1, -0.05) is 25.3 Å². The van der Waals surface area contributed by atoms with Gasteiger partial charge in [0, 0.05) is 12.1 Å². The van der Waals surface area contributed by atoms with E-state index in [1.807, 2.05) is 0 Å². The van der Waals surface area contributed by atoms with E-state index in [-0.39, 0.29) is 34.1 Å². The summed E-state index contributed by atoms with van der Waals surface area (Å²) in [6.07, 6.45) is 4.08. The van der Waals surface area contributed by atoms with Crippen LogP contribution < -0.4 is 14.9 Å². The molecule has 0 aliphatic carbocycles. The second-order valence-electron chi connectivity index (χ2n) is 6.75. The highest BCUT2D eigenvalue weighted by Gasteiger charge is 2.16. The Bertz CT molecular complexity index is 1090. The molecule has 0 fully saturated rings. The summed E-state index contributed by atoms with van der Waals surface area (Å²) < 4.78 is 16.7. The molecule has 2 aromatic carbocycles. The highest BCUT2D eigenvalue weighted by molar-refractivity contribution is 5.96. The summed E-state index contributed by atoms with van der Waals surface area (Å²) in [5.41, 5.74) is 0.236. The summed E-state index contributed by atoms with van der Waals surface area (Å²) in [6.45, 7) is 0.549. The van der Waals surface area contributed by atoms with Crippen molar-refractivity contribution in [1.82, 2.24) is 0 Å². The van der Waals surface area contributed by atoms with Gasteiger partial charge in [-0.15, -0.1) is 10.1 Å². The molecule has 0 spiro atoms. The number of fused-ring (bicyclic) bond motifs is 2. The van der Waals surface area contributed by atoms with Crippen molar-refractivity contribution in [2.24, 2.45) is 0 Å². The summed E-state index contributed by atoms with van der Waals surface area (Å²) in [5.74, 6) is 0.576. The zero-order chi connectivity index (χ0) is 21.5. The number of nitrogens with zero attached hydrogens (tertiary/aromatic N) is 1. The Morgan fingerprint density at radius 2 is 1.77 bits per heavy atom. The van der Waals surface area contributed by atoms with E-state index < -0.39 is 5.09 Å². The third-order valence-corrected chi connectivity index (χ3v) is 4.69. The number of methoxy groups -OCH3 is 1. The van der Waals surface area contributed by atoms with Crippen LogP contribution in [0.25, 0.3) is 21.9 Å². The summed E-state index contributed by atoms with van der Waals surface area (Å²) >= 11 is 0. The Labute approximate surface area is 171 Å². The fourth-order valence-electron chi connectivity index (χ4n) is 3.27. The molecule has 30 heavy (non-hydrogen) atoms. The maximum atomic E-state index is 12.9. The first kappa shape index (κ1) is 21.2. The van der Waals surface area contributed by atoms with E-state index >= 15 is 0 Å². The van der Waals surface area contributed by atoms with Crippen LogP contribution >= 0.6 is 0 Å². The summed E-state index contributed by atoms with van der Waals surface area (Å²) in [5, 5.41) is 20.0. The van der Waals surface area contributed by atoms with Crippen LogP contribution in [0.5, 0.6) is 17.2 Å². The third kappa shape index (κ3) is 4.91.